The van der Waals surface area contributed by atoms with Crippen LogP contribution in [0, 0.1) is 28.6 Å². The van der Waals surface area contributed by atoms with Gasteiger partial charge in [0, 0.05) is 22.9 Å². The Morgan fingerprint density at radius 1 is 1.28 bits per heavy atom. The summed E-state index contributed by atoms with van der Waals surface area (Å²) < 4.78 is 14.0. The Morgan fingerprint density at radius 3 is 2.90 bits per heavy atom. The molecule has 0 spiro atoms. The van der Waals surface area contributed by atoms with Gasteiger partial charge >= 0.3 is 0 Å². The van der Waals surface area contributed by atoms with Gasteiger partial charge in [0.2, 0.25) is 0 Å². The van der Waals surface area contributed by atoms with Gasteiger partial charge in [-0.3, -0.25) is 9.59 Å². The third kappa shape index (κ3) is 3.59. The summed E-state index contributed by atoms with van der Waals surface area (Å²) in [6.07, 6.45) is 9.11. The van der Waals surface area contributed by atoms with Crippen LogP contribution in [0.2, 0.25) is 0 Å². The molecule has 2 aromatic rings. The van der Waals surface area contributed by atoms with Gasteiger partial charge < -0.3 is 14.6 Å². The van der Waals surface area contributed by atoms with Gasteiger partial charge in [-0.25, -0.2) is 9.97 Å². The minimum absolute atomic E-state index is 0.0106. The Balaban J connectivity index is 1.23. The normalized spacial score (nSPS) is 42.0. The van der Waals surface area contributed by atoms with E-state index in [1.165, 1.54) is 23.1 Å². The molecule has 0 aromatic carbocycles. The van der Waals surface area contributed by atoms with Crippen LogP contribution in [-0.4, -0.2) is 56.0 Å². The molecule has 7 nitrogen and oxygen atoms in total. The molecule has 206 valence electrons. The third-order valence-electron chi connectivity index (χ3n) is 10.4. The maximum absolute atomic E-state index is 14.4. The molecule has 3 heterocycles. The largest absolute Gasteiger partial charge is 0.393 e. The standard InChI is InChI=1S/C30H34N2O5S2/c1-27(2)36-23-13-19-18-8-7-16-12-17(33)9-10-28(16,3)24(18)21(34)14-29(19,4)30(23,37-27)22(35)15-38-26-32-20-6-5-11-31-25(20)39-26/h5-6,9-12,18-19,21,23-24,34H,7-8,13-15H2,1-4H3/t18?,19?,21-,23-,24?,28?,29?,30+/m0/s1. The molecule has 1 N–H and O–H groups in total. The van der Waals surface area contributed by atoms with Crippen molar-refractivity contribution in [2.45, 2.75) is 81.3 Å². The van der Waals surface area contributed by atoms with Crippen molar-refractivity contribution >= 4 is 45.0 Å². The molecular formula is C30H34N2O5S2. The predicted molar refractivity (Wildman–Crippen MR) is 149 cm³/mol. The Morgan fingerprint density at radius 2 is 2.10 bits per heavy atom. The molecule has 9 heteroatoms. The lowest BCUT2D eigenvalue weighted by Crippen LogP contribution is -2.63. The first-order valence-corrected chi connectivity index (χ1v) is 15.6. The van der Waals surface area contributed by atoms with E-state index >= 15 is 0 Å². The summed E-state index contributed by atoms with van der Waals surface area (Å²) in [5, 5.41) is 11.8. The highest BCUT2D eigenvalue weighted by Gasteiger charge is 2.76. The van der Waals surface area contributed by atoms with E-state index in [4.69, 9.17) is 9.47 Å². The van der Waals surface area contributed by atoms with Crippen LogP contribution < -0.4 is 0 Å². The lowest BCUT2D eigenvalue weighted by molar-refractivity contribution is -0.223. The van der Waals surface area contributed by atoms with Crippen molar-refractivity contribution < 1.29 is 24.2 Å². The number of fused-ring (bicyclic) bond motifs is 8. The smallest absolute Gasteiger partial charge is 0.178 e. The quantitative estimate of drug-likeness (QED) is 0.509. The lowest BCUT2D eigenvalue weighted by atomic mass is 9.46. The van der Waals surface area contributed by atoms with Crippen LogP contribution in [0.1, 0.15) is 53.4 Å². The lowest BCUT2D eigenvalue weighted by Gasteiger charge is -2.60. The summed E-state index contributed by atoms with van der Waals surface area (Å²) in [7, 11) is 0. The van der Waals surface area contributed by atoms with Crippen LogP contribution in [0.25, 0.3) is 10.3 Å². The van der Waals surface area contributed by atoms with Gasteiger partial charge in [-0.1, -0.05) is 48.6 Å². The number of Topliss-reactive ketones (excluding diaryl/α,β-unsaturated/α-hetero) is 1. The number of ketones is 2. The number of pyridine rings is 1. The molecule has 4 fully saturated rings. The fourth-order valence-electron chi connectivity index (χ4n) is 8.97. The number of aromatic nitrogens is 2. The van der Waals surface area contributed by atoms with Crippen LogP contribution in [-0.2, 0) is 19.1 Å². The Labute approximate surface area is 236 Å². The van der Waals surface area contributed by atoms with E-state index in [0.29, 0.717) is 6.42 Å². The Hall–Kier alpha value is -1.91. The van der Waals surface area contributed by atoms with Crippen LogP contribution in [0.15, 0.2) is 46.5 Å². The summed E-state index contributed by atoms with van der Waals surface area (Å²) in [6.45, 7) is 8.09. The van der Waals surface area contributed by atoms with Crippen LogP contribution in [0.4, 0.5) is 0 Å². The number of ether oxygens (including phenoxy) is 2. The van der Waals surface area contributed by atoms with Crippen LogP contribution in [0.5, 0.6) is 0 Å². The van der Waals surface area contributed by atoms with Gasteiger partial charge in [-0.2, -0.15) is 0 Å². The Bertz CT molecular complexity index is 1420. The molecular weight excluding hydrogens is 532 g/mol. The second-order valence-corrected chi connectivity index (χ2v) is 15.0. The molecule has 2 aromatic heterocycles. The number of carbonyl (C=O) groups is 2. The minimum atomic E-state index is -1.13. The second kappa shape index (κ2) is 8.55. The van der Waals surface area contributed by atoms with E-state index in [1.54, 1.807) is 18.3 Å². The zero-order valence-electron chi connectivity index (χ0n) is 22.7. The summed E-state index contributed by atoms with van der Waals surface area (Å²) in [5.41, 5.74) is -0.112. The topological polar surface area (TPSA) is 98.6 Å². The third-order valence-corrected chi connectivity index (χ3v) is 12.5. The van der Waals surface area contributed by atoms with Crippen molar-refractivity contribution in [2.24, 2.45) is 28.6 Å². The van der Waals surface area contributed by atoms with E-state index in [-0.39, 0.29) is 46.6 Å². The first-order valence-electron chi connectivity index (χ1n) is 13.8. The highest BCUT2D eigenvalue weighted by molar-refractivity contribution is 8.01. The molecule has 3 saturated carbocycles. The minimum Gasteiger partial charge on any atom is -0.393 e. The van der Waals surface area contributed by atoms with Gasteiger partial charge in [0.1, 0.15) is 10.3 Å². The molecule has 5 unspecified atom stereocenters. The summed E-state index contributed by atoms with van der Waals surface area (Å²) in [5.74, 6) is -0.273. The van der Waals surface area contributed by atoms with Crippen molar-refractivity contribution in [1.29, 1.82) is 0 Å². The van der Waals surface area contributed by atoms with Gasteiger partial charge in [0.05, 0.1) is 18.0 Å². The summed E-state index contributed by atoms with van der Waals surface area (Å²) in [6, 6.07) is 3.80. The number of rotatable bonds is 4. The Kier molecular flexibility index (Phi) is 5.70. The van der Waals surface area contributed by atoms with Crippen molar-refractivity contribution in [1.82, 2.24) is 9.97 Å². The van der Waals surface area contributed by atoms with E-state index in [1.807, 2.05) is 32.1 Å². The first kappa shape index (κ1) is 26.0. The number of allylic oxidation sites excluding steroid dienone is 4. The van der Waals surface area contributed by atoms with Crippen molar-refractivity contribution in [2.75, 3.05) is 5.75 Å². The zero-order valence-corrected chi connectivity index (χ0v) is 24.3. The summed E-state index contributed by atoms with van der Waals surface area (Å²) in [4.78, 5) is 36.4. The first-order chi connectivity index (χ1) is 18.5. The number of hydrogen-bond acceptors (Lipinski definition) is 9. The molecule has 7 rings (SSSR count). The van der Waals surface area contributed by atoms with Crippen LogP contribution in [0.3, 0.4) is 0 Å². The van der Waals surface area contributed by atoms with E-state index in [0.717, 1.165) is 39.5 Å². The van der Waals surface area contributed by atoms with Crippen molar-refractivity contribution in [3.05, 3.63) is 42.1 Å². The molecule has 1 saturated heterocycles. The number of aliphatic hydroxyl groups excluding tert-OH is 1. The zero-order chi connectivity index (χ0) is 27.4. The molecule has 0 bridgehead atoms. The van der Waals surface area contributed by atoms with E-state index in [9.17, 15) is 14.7 Å². The van der Waals surface area contributed by atoms with E-state index < -0.39 is 22.9 Å². The van der Waals surface area contributed by atoms with Crippen LogP contribution >= 0.6 is 23.1 Å². The van der Waals surface area contributed by atoms with Gasteiger partial charge in [0.15, 0.2) is 27.3 Å². The molecule has 39 heavy (non-hydrogen) atoms. The molecule has 0 amide bonds. The molecule has 1 aliphatic heterocycles. The van der Waals surface area contributed by atoms with E-state index in [2.05, 4.69) is 23.8 Å². The number of thiazole rings is 1. The average molecular weight is 567 g/mol. The fraction of sp³-hybridized carbons (Fsp3) is 0.600. The van der Waals surface area contributed by atoms with Crippen molar-refractivity contribution in [3.63, 3.8) is 0 Å². The number of carbonyl (C=O) groups excluding carboxylic acids is 2. The average Bonchev–Trinajstić information content (AvgIpc) is 3.49. The number of aliphatic hydroxyl groups is 1. The highest BCUT2D eigenvalue weighted by Crippen LogP contribution is 2.70. The number of hydrogen-bond donors (Lipinski definition) is 1. The maximum Gasteiger partial charge on any atom is 0.178 e. The van der Waals surface area contributed by atoms with Crippen molar-refractivity contribution in [3.8, 4) is 0 Å². The van der Waals surface area contributed by atoms with Gasteiger partial charge in [0.25, 0.3) is 0 Å². The second-order valence-electron chi connectivity index (χ2n) is 12.8. The maximum atomic E-state index is 14.4. The van der Waals surface area contributed by atoms with Gasteiger partial charge in [-0.15, -0.1) is 0 Å². The predicted octanol–water partition coefficient (Wildman–Crippen LogP) is 5.13. The SMILES string of the molecule is CC1(C)O[C@H]2CC3C4CCC5=CC(=O)C=CC5(C)C4[C@@H](O)CC3(C)[C@]2(C(=O)CSc2nc3cccnc3s2)O1. The fourth-order valence-corrected chi connectivity index (χ4v) is 10.9. The highest BCUT2D eigenvalue weighted by atomic mass is 32.2. The molecule has 0 radical (unpaired) electrons. The van der Waals surface area contributed by atoms with Gasteiger partial charge in [-0.05, 0) is 75.7 Å². The number of thioether (sulfide) groups is 1. The molecule has 8 atom stereocenters. The number of nitrogens with zero attached hydrogens (tertiary/aromatic N) is 2. The monoisotopic (exact) mass is 566 g/mol. The molecule has 4 aliphatic carbocycles. The summed E-state index contributed by atoms with van der Waals surface area (Å²) >= 11 is 2.92. The molecule has 5 aliphatic rings.